The Balaban J connectivity index is 1.58. The van der Waals surface area contributed by atoms with Crippen molar-refractivity contribution in [2.45, 2.75) is 55.6 Å². The van der Waals surface area contributed by atoms with Gasteiger partial charge in [-0.15, -0.1) is 0 Å². The molecular formula is C36H38ClN3O5S. The molecule has 0 bridgehead atoms. The van der Waals surface area contributed by atoms with Crippen LogP contribution < -0.4 is 14.4 Å². The topological polar surface area (TPSA) is 96.0 Å². The molecule has 240 valence electrons. The van der Waals surface area contributed by atoms with Gasteiger partial charge in [0.25, 0.3) is 10.0 Å². The van der Waals surface area contributed by atoms with E-state index in [4.69, 9.17) is 16.3 Å². The molecule has 0 unspecified atom stereocenters. The molecule has 0 aromatic heterocycles. The number of sulfonamides is 1. The molecule has 1 aliphatic rings. The number of rotatable bonds is 13. The van der Waals surface area contributed by atoms with E-state index in [0.717, 1.165) is 35.6 Å². The number of nitrogens with zero attached hydrogens (tertiary/aromatic N) is 2. The number of carbonyl (C=O) groups excluding carboxylic acids is 2. The van der Waals surface area contributed by atoms with Crippen molar-refractivity contribution < 1.29 is 22.7 Å². The maximum atomic E-state index is 14.6. The molecule has 8 nitrogen and oxygen atoms in total. The maximum absolute atomic E-state index is 14.6. The first kappa shape index (κ1) is 33.0. The number of para-hydroxylation sites is 2. The summed E-state index contributed by atoms with van der Waals surface area (Å²) in [5.41, 5.74) is 1.79. The Morgan fingerprint density at radius 1 is 0.870 bits per heavy atom. The lowest BCUT2D eigenvalue weighted by Gasteiger charge is -2.34. The molecule has 1 aliphatic carbocycles. The van der Waals surface area contributed by atoms with E-state index in [9.17, 15) is 18.0 Å². The number of nitrogens with one attached hydrogen (secondary N) is 1. The Bertz CT molecular complexity index is 1730. The van der Waals surface area contributed by atoms with E-state index in [0.29, 0.717) is 10.6 Å². The summed E-state index contributed by atoms with van der Waals surface area (Å²) in [7, 11) is -2.79. The second kappa shape index (κ2) is 15.3. The summed E-state index contributed by atoms with van der Waals surface area (Å²) in [4.78, 5) is 30.2. The minimum atomic E-state index is -4.23. The highest BCUT2D eigenvalue weighted by atomic mass is 35.5. The van der Waals surface area contributed by atoms with Gasteiger partial charge < -0.3 is 15.0 Å². The number of hydrogen-bond acceptors (Lipinski definition) is 5. The van der Waals surface area contributed by atoms with E-state index in [1.807, 2.05) is 36.4 Å². The molecule has 5 rings (SSSR count). The minimum absolute atomic E-state index is 0.0231. The predicted molar refractivity (Wildman–Crippen MR) is 180 cm³/mol. The fourth-order valence-electron chi connectivity index (χ4n) is 5.82. The monoisotopic (exact) mass is 659 g/mol. The van der Waals surface area contributed by atoms with Gasteiger partial charge >= 0.3 is 0 Å². The minimum Gasteiger partial charge on any atom is -0.495 e. The first-order valence-corrected chi connectivity index (χ1v) is 17.2. The molecule has 0 heterocycles. The highest BCUT2D eigenvalue weighted by molar-refractivity contribution is 7.92. The first-order chi connectivity index (χ1) is 22.3. The third-order valence-electron chi connectivity index (χ3n) is 8.18. The quantitative estimate of drug-likeness (QED) is 0.183. The lowest BCUT2D eigenvalue weighted by atomic mass is 10.0. The van der Waals surface area contributed by atoms with Crippen LogP contribution in [0.3, 0.4) is 0 Å². The Morgan fingerprint density at radius 2 is 1.50 bits per heavy atom. The number of anilines is 1. The smallest absolute Gasteiger partial charge is 0.264 e. The van der Waals surface area contributed by atoms with Crippen LogP contribution in [-0.4, -0.2) is 50.9 Å². The molecule has 0 aliphatic heterocycles. The second-order valence-electron chi connectivity index (χ2n) is 11.3. The first-order valence-electron chi connectivity index (χ1n) is 15.4. The van der Waals surface area contributed by atoms with Crippen LogP contribution in [-0.2, 0) is 32.6 Å². The van der Waals surface area contributed by atoms with Crippen molar-refractivity contribution >= 4 is 39.1 Å². The standard InChI is InChI=1S/C36H38ClN3O5S/c1-45-34-22-11-10-21-32(34)40(46(43,44)31-19-6-3-7-20-31)26-35(41)39(25-28-15-12-16-29(37)23-28)33(24-27-13-4-2-5-14-27)36(42)38-30-17-8-9-18-30/h2-7,10-16,19-23,30,33H,8-9,17-18,24-26H2,1H3,(H,38,42)/t33-/m1/s1. The Hall–Kier alpha value is -4.34. The number of methoxy groups -OCH3 is 1. The summed E-state index contributed by atoms with van der Waals surface area (Å²) in [5, 5.41) is 3.67. The molecule has 4 aromatic rings. The highest BCUT2D eigenvalue weighted by Crippen LogP contribution is 2.33. The Kier molecular flexibility index (Phi) is 11.0. The molecular weight excluding hydrogens is 622 g/mol. The van der Waals surface area contributed by atoms with Crippen molar-refractivity contribution in [3.8, 4) is 5.75 Å². The molecule has 4 aromatic carbocycles. The van der Waals surface area contributed by atoms with Gasteiger partial charge in [0, 0.05) is 24.0 Å². The van der Waals surface area contributed by atoms with Crippen molar-refractivity contribution in [1.82, 2.24) is 10.2 Å². The largest absolute Gasteiger partial charge is 0.495 e. The molecule has 0 radical (unpaired) electrons. The van der Waals surface area contributed by atoms with Gasteiger partial charge in [-0.25, -0.2) is 8.42 Å². The van der Waals surface area contributed by atoms with Crippen LogP contribution in [0.25, 0.3) is 0 Å². The molecule has 1 fully saturated rings. The molecule has 1 atom stereocenters. The number of halogens is 1. The van der Waals surface area contributed by atoms with E-state index in [1.54, 1.807) is 60.7 Å². The summed E-state index contributed by atoms with van der Waals surface area (Å²) in [6.07, 6.45) is 4.06. The highest BCUT2D eigenvalue weighted by Gasteiger charge is 2.36. The van der Waals surface area contributed by atoms with Gasteiger partial charge in [0.1, 0.15) is 18.3 Å². The van der Waals surface area contributed by atoms with E-state index in [-0.39, 0.29) is 41.2 Å². The van der Waals surface area contributed by atoms with Gasteiger partial charge in [-0.2, -0.15) is 0 Å². The number of ether oxygens (including phenoxy) is 1. The summed E-state index contributed by atoms with van der Waals surface area (Å²) in [6, 6.07) is 30.3. The van der Waals surface area contributed by atoms with Gasteiger partial charge in [0.2, 0.25) is 11.8 Å². The zero-order valence-electron chi connectivity index (χ0n) is 25.7. The van der Waals surface area contributed by atoms with Crippen molar-refractivity contribution in [2.75, 3.05) is 18.0 Å². The van der Waals surface area contributed by atoms with E-state index in [1.165, 1.54) is 24.1 Å². The Labute approximate surface area is 276 Å². The van der Waals surface area contributed by atoms with Crippen molar-refractivity contribution in [3.05, 3.63) is 125 Å². The molecule has 10 heteroatoms. The summed E-state index contributed by atoms with van der Waals surface area (Å²) in [6.45, 7) is -0.527. The van der Waals surface area contributed by atoms with Gasteiger partial charge in [-0.1, -0.05) is 97.2 Å². The molecule has 1 saturated carbocycles. The summed E-state index contributed by atoms with van der Waals surface area (Å²) < 4.78 is 35.0. The average molecular weight is 660 g/mol. The van der Waals surface area contributed by atoms with Crippen LogP contribution in [0.2, 0.25) is 5.02 Å². The lowest BCUT2D eigenvalue weighted by molar-refractivity contribution is -0.140. The van der Waals surface area contributed by atoms with Crippen LogP contribution in [0, 0.1) is 0 Å². The molecule has 1 N–H and O–H groups in total. The van der Waals surface area contributed by atoms with Gasteiger partial charge in [0.15, 0.2) is 0 Å². The molecule has 0 saturated heterocycles. The third kappa shape index (κ3) is 8.08. The van der Waals surface area contributed by atoms with Gasteiger partial charge in [0.05, 0.1) is 17.7 Å². The Morgan fingerprint density at radius 3 is 2.17 bits per heavy atom. The van der Waals surface area contributed by atoms with Crippen molar-refractivity contribution in [3.63, 3.8) is 0 Å². The average Bonchev–Trinajstić information content (AvgIpc) is 3.59. The normalized spacial score (nSPS) is 14.0. The van der Waals surface area contributed by atoms with Gasteiger partial charge in [-0.05, 0) is 60.4 Å². The number of amides is 2. The zero-order valence-corrected chi connectivity index (χ0v) is 27.3. The van der Waals surface area contributed by atoms with E-state index < -0.39 is 28.5 Å². The van der Waals surface area contributed by atoms with Crippen LogP contribution in [0.1, 0.15) is 36.8 Å². The lowest BCUT2D eigenvalue weighted by Crippen LogP contribution is -2.54. The summed E-state index contributed by atoms with van der Waals surface area (Å²) >= 11 is 6.33. The zero-order chi connectivity index (χ0) is 32.5. The van der Waals surface area contributed by atoms with Crippen molar-refractivity contribution in [1.29, 1.82) is 0 Å². The maximum Gasteiger partial charge on any atom is 0.264 e. The van der Waals surface area contributed by atoms with Crippen LogP contribution in [0.4, 0.5) is 5.69 Å². The third-order valence-corrected chi connectivity index (χ3v) is 10.2. The van der Waals surface area contributed by atoms with Crippen LogP contribution in [0.5, 0.6) is 5.75 Å². The second-order valence-corrected chi connectivity index (χ2v) is 13.6. The van der Waals surface area contributed by atoms with E-state index >= 15 is 0 Å². The number of benzene rings is 4. The molecule has 2 amide bonds. The number of hydrogen-bond donors (Lipinski definition) is 1. The van der Waals surface area contributed by atoms with Crippen molar-refractivity contribution in [2.24, 2.45) is 0 Å². The number of carbonyl (C=O) groups is 2. The SMILES string of the molecule is COc1ccccc1N(CC(=O)N(Cc1cccc(Cl)c1)[C@H](Cc1ccccc1)C(=O)NC1CCCC1)S(=O)(=O)c1ccccc1. The van der Waals surface area contributed by atoms with Crippen LogP contribution in [0.15, 0.2) is 114 Å². The van der Waals surface area contributed by atoms with Gasteiger partial charge in [-0.3, -0.25) is 13.9 Å². The summed E-state index contributed by atoms with van der Waals surface area (Å²) in [5.74, 6) is -0.537. The predicted octanol–water partition coefficient (Wildman–Crippen LogP) is 6.24. The van der Waals surface area contributed by atoms with Crippen LogP contribution >= 0.6 is 11.6 Å². The fourth-order valence-corrected chi connectivity index (χ4v) is 7.48. The molecule has 0 spiro atoms. The molecule has 46 heavy (non-hydrogen) atoms. The fraction of sp³-hybridized carbons (Fsp3) is 0.278. The van der Waals surface area contributed by atoms with E-state index in [2.05, 4.69) is 5.32 Å².